The van der Waals surface area contributed by atoms with Crippen molar-refractivity contribution in [1.82, 2.24) is 34.1 Å². The molecule has 0 radical (unpaired) electrons. The molecule has 0 spiro atoms. The number of phosphoric ester groups is 1. The lowest BCUT2D eigenvalue weighted by Crippen LogP contribution is -2.35. The van der Waals surface area contributed by atoms with E-state index in [0.717, 1.165) is 10.9 Å². The van der Waals surface area contributed by atoms with Crippen molar-refractivity contribution in [1.29, 1.82) is 0 Å². The van der Waals surface area contributed by atoms with Crippen LogP contribution in [-0.2, 0) is 36.9 Å². The first-order valence-corrected chi connectivity index (χ1v) is 16.3. The summed E-state index contributed by atoms with van der Waals surface area (Å²) in [5.41, 5.74) is 11.1. The number of aliphatic hydroxyl groups is 1. The van der Waals surface area contributed by atoms with Crippen LogP contribution >= 0.6 is 15.4 Å². The summed E-state index contributed by atoms with van der Waals surface area (Å²) in [7, 11) is -10.0. The van der Waals surface area contributed by atoms with Gasteiger partial charge in [-0.1, -0.05) is 0 Å². The van der Waals surface area contributed by atoms with Crippen LogP contribution in [0.15, 0.2) is 29.7 Å². The molecular weight excluding hydrogens is 651 g/mol. The third-order valence-corrected chi connectivity index (χ3v) is 9.31. The Kier molecular flexibility index (Phi) is 7.30. The van der Waals surface area contributed by atoms with Crippen LogP contribution in [0.25, 0.3) is 22.3 Å². The number of aromatic amines is 1. The van der Waals surface area contributed by atoms with Gasteiger partial charge in [-0.05, 0) is 6.07 Å². The number of aliphatic hydroxyl groups excluding tert-OH is 1. The first-order valence-electron chi connectivity index (χ1n) is 13.0. The SMILES string of the molecule is Nc1nc2c(ncn2[C@@H]2O[C@@H]3OCP(=O)(O)OC4[C@@H](COP(=O)(O)O[C@H]2C3O)O[C@@H](n2cnc3c(N)ccnc32)[C@H]4F)c(=O)[nH]1. The summed E-state index contributed by atoms with van der Waals surface area (Å²) in [6.07, 6.45) is -11.6. The molecule has 4 aromatic heterocycles. The maximum atomic E-state index is 15.9. The van der Waals surface area contributed by atoms with Gasteiger partial charge >= 0.3 is 15.4 Å². The first-order chi connectivity index (χ1) is 21.3. The zero-order valence-corrected chi connectivity index (χ0v) is 24.3. The summed E-state index contributed by atoms with van der Waals surface area (Å²) in [6, 6.07) is 1.48. The predicted octanol–water partition coefficient (Wildman–Crippen LogP) is -0.759. The van der Waals surface area contributed by atoms with Crippen molar-refractivity contribution in [2.24, 2.45) is 0 Å². The highest BCUT2D eigenvalue weighted by Crippen LogP contribution is 2.53. The van der Waals surface area contributed by atoms with Crippen LogP contribution in [-0.4, -0.2) is 98.8 Å². The predicted molar refractivity (Wildman–Crippen MR) is 145 cm³/mol. The number of pyridine rings is 1. The number of hydrogen-bond donors (Lipinski definition) is 6. The van der Waals surface area contributed by atoms with Crippen LogP contribution in [0.4, 0.5) is 16.0 Å². The number of hydrogen-bond acceptors (Lipinski definition) is 16. The van der Waals surface area contributed by atoms with Crippen LogP contribution in [0.5, 0.6) is 0 Å². The van der Waals surface area contributed by atoms with Gasteiger partial charge in [-0.25, -0.2) is 23.9 Å². The fraction of sp³-hybridized carbons (Fsp3) is 0.476. The van der Waals surface area contributed by atoms with Crippen LogP contribution in [0.3, 0.4) is 0 Å². The van der Waals surface area contributed by atoms with E-state index in [4.69, 9.17) is 39.2 Å². The van der Waals surface area contributed by atoms with Crippen molar-refractivity contribution in [3.8, 4) is 0 Å². The van der Waals surface area contributed by atoms with Gasteiger partial charge in [0.15, 0.2) is 48.1 Å². The fourth-order valence-corrected chi connectivity index (χ4v) is 7.24. The summed E-state index contributed by atoms with van der Waals surface area (Å²) in [6.45, 7) is -0.891. The number of ether oxygens (including phenoxy) is 3. The Bertz CT molecular complexity index is 1940. The highest BCUT2D eigenvalue weighted by Gasteiger charge is 2.54. The maximum Gasteiger partial charge on any atom is 0.472 e. The molecule has 3 aliphatic heterocycles. The van der Waals surface area contributed by atoms with Crippen LogP contribution in [0.2, 0.25) is 0 Å². The molecule has 2 bridgehead atoms. The number of nitrogen functional groups attached to an aromatic ring is 2. The number of nitrogens with two attached hydrogens (primary N) is 2. The van der Waals surface area contributed by atoms with E-state index in [1.54, 1.807) is 0 Å². The molecule has 7 heterocycles. The number of imidazole rings is 2. The number of halogens is 1. The molecule has 8 N–H and O–H groups in total. The van der Waals surface area contributed by atoms with Crippen molar-refractivity contribution >= 4 is 49.4 Å². The van der Waals surface area contributed by atoms with Crippen molar-refractivity contribution in [2.75, 3.05) is 24.4 Å². The molecule has 10 atom stereocenters. The van der Waals surface area contributed by atoms with Crippen molar-refractivity contribution in [3.05, 3.63) is 35.3 Å². The molecule has 3 saturated heterocycles. The molecular formula is C21H24FN9O12P2. The van der Waals surface area contributed by atoms with E-state index in [-0.39, 0.29) is 34.0 Å². The lowest BCUT2D eigenvalue weighted by Gasteiger charge is -2.25. The molecule has 0 saturated carbocycles. The zero-order valence-electron chi connectivity index (χ0n) is 22.5. The molecule has 21 nitrogen and oxygen atoms in total. The van der Waals surface area contributed by atoms with E-state index < -0.39 is 83.3 Å². The van der Waals surface area contributed by atoms with Gasteiger partial charge in [-0.3, -0.25) is 37.0 Å². The Morgan fingerprint density at radius 3 is 2.51 bits per heavy atom. The van der Waals surface area contributed by atoms with E-state index in [0.29, 0.717) is 0 Å². The molecule has 4 aromatic rings. The lowest BCUT2D eigenvalue weighted by atomic mass is 10.1. The Labute approximate surface area is 249 Å². The second kappa shape index (κ2) is 10.9. The number of alkyl halides is 1. The van der Waals surface area contributed by atoms with Crippen molar-refractivity contribution < 1.29 is 56.2 Å². The minimum absolute atomic E-state index is 0.128. The van der Waals surface area contributed by atoms with E-state index in [1.165, 1.54) is 23.2 Å². The van der Waals surface area contributed by atoms with Gasteiger partial charge in [0, 0.05) is 6.20 Å². The average Bonchev–Trinajstić information content (AvgIpc) is 3.72. The summed E-state index contributed by atoms with van der Waals surface area (Å²) >= 11 is 0. The van der Waals surface area contributed by atoms with E-state index in [2.05, 4.69) is 24.9 Å². The molecule has 0 aromatic carbocycles. The Balaban J connectivity index is 1.21. The number of fused-ring (bicyclic) bond motifs is 5. The van der Waals surface area contributed by atoms with Crippen LogP contribution < -0.4 is 17.0 Å². The Morgan fingerprint density at radius 1 is 1.00 bits per heavy atom. The van der Waals surface area contributed by atoms with Gasteiger partial charge in [0.1, 0.15) is 29.9 Å². The summed E-state index contributed by atoms with van der Waals surface area (Å²) in [5, 5.41) is 10.9. The summed E-state index contributed by atoms with van der Waals surface area (Å²) in [5.74, 6) is -0.298. The van der Waals surface area contributed by atoms with Gasteiger partial charge in [0.05, 0.1) is 24.9 Å². The van der Waals surface area contributed by atoms with Crippen molar-refractivity contribution in [3.63, 3.8) is 0 Å². The fourth-order valence-electron chi connectivity index (χ4n) is 5.28. The zero-order chi connectivity index (χ0) is 31.8. The summed E-state index contributed by atoms with van der Waals surface area (Å²) < 4.78 is 76.8. The minimum atomic E-state index is -5.16. The monoisotopic (exact) mass is 675 g/mol. The highest BCUT2D eigenvalue weighted by molar-refractivity contribution is 7.52. The maximum absolute atomic E-state index is 15.9. The first kappa shape index (κ1) is 30.3. The minimum Gasteiger partial charge on any atom is -0.397 e. The number of phosphoric acid groups is 1. The molecule has 0 aliphatic carbocycles. The summed E-state index contributed by atoms with van der Waals surface area (Å²) in [4.78, 5) is 52.0. The van der Waals surface area contributed by atoms with Gasteiger partial charge in [-0.15, -0.1) is 0 Å². The van der Waals surface area contributed by atoms with Gasteiger partial charge in [-0.2, -0.15) is 4.98 Å². The molecule has 7 rings (SSSR count). The van der Waals surface area contributed by atoms with E-state index in [9.17, 15) is 28.8 Å². The number of aromatic nitrogens is 7. The largest absolute Gasteiger partial charge is 0.472 e. The number of H-pyrrole nitrogens is 1. The Morgan fingerprint density at radius 2 is 1.73 bits per heavy atom. The van der Waals surface area contributed by atoms with Gasteiger partial charge in [0.2, 0.25) is 5.95 Å². The van der Waals surface area contributed by atoms with Crippen molar-refractivity contribution in [2.45, 2.75) is 49.3 Å². The Hall–Kier alpha value is -3.40. The van der Waals surface area contributed by atoms with Crippen LogP contribution in [0, 0.1) is 0 Å². The molecule has 24 heteroatoms. The quantitative estimate of drug-likeness (QED) is 0.142. The average molecular weight is 675 g/mol. The third-order valence-electron chi connectivity index (χ3n) is 7.27. The van der Waals surface area contributed by atoms with E-state index in [1.807, 2.05) is 0 Å². The topological polar surface area (TPSA) is 297 Å². The number of anilines is 2. The number of nitrogens with zero attached hydrogens (tertiary/aromatic N) is 6. The number of rotatable bonds is 2. The number of nitrogens with one attached hydrogen (secondary N) is 1. The molecule has 3 fully saturated rings. The third kappa shape index (κ3) is 5.32. The standard InChI is InChI=1S/C21H24FN9O12P2/c22-9-13-8(40-18(9)30-4-26-10-7(23)1-2-25-15(10)30)3-39-45(36,37)43-14-12(32)20(38-6-44(34,35)42-13)41-19(14)31-5-27-11-16(31)28-21(24)29-17(11)33/h1-2,4-5,8-9,12-14,18-20,32H,3,6H2,(H2,23,25)(H,34,35)(H,36,37)(H3,24,28,29,33)/t8-,9+,12?,13?,14+,18-,19-,20+/m1/s1. The van der Waals surface area contributed by atoms with E-state index >= 15 is 4.39 Å². The molecule has 242 valence electrons. The normalized spacial score (nSPS) is 37.7. The molecule has 45 heavy (non-hydrogen) atoms. The van der Waals surface area contributed by atoms with Crippen LogP contribution in [0.1, 0.15) is 12.5 Å². The molecule has 4 unspecified atom stereocenters. The second-order valence-electron chi connectivity index (χ2n) is 10.2. The van der Waals surface area contributed by atoms with Gasteiger partial charge in [0.25, 0.3) is 5.56 Å². The lowest BCUT2D eigenvalue weighted by molar-refractivity contribution is -0.168. The molecule has 0 amide bonds. The molecule has 3 aliphatic rings. The van der Waals surface area contributed by atoms with Gasteiger partial charge < -0.3 is 40.6 Å². The highest BCUT2D eigenvalue weighted by atomic mass is 31.2. The smallest absolute Gasteiger partial charge is 0.397 e. The second-order valence-corrected chi connectivity index (χ2v) is 13.4.